The van der Waals surface area contributed by atoms with Gasteiger partial charge in [0.2, 0.25) is 0 Å². The third kappa shape index (κ3) is 6.65. The second-order valence-corrected chi connectivity index (χ2v) is 14.6. The maximum absolute atomic E-state index is 14.2. The van der Waals surface area contributed by atoms with E-state index in [0.29, 0.717) is 32.1 Å². The molecule has 9 heteroatoms. The van der Waals surface area contributed by atoms with Gasteiger partial charge in [-0.1, -0.05) is 48.5 Å². The molecule has 3 aromatic carbocycles. The van der Waals surface area contributed by atoms with Crippen molar-refractivity contribution in [3.8, 4) is 0 Å². The predicted octanol–water partition coefficient (Wildman–Crippen LogP) is 6.73. The Hall–Kier alpha value is -4.37. The van der Waals surface area contributed by atoms with Crippen LogP contribution >= 0.6 is 0 Å². The number of anilines is 1. The number of para-hydroxylation sites is 3. The lowest BCUT2D eigenvalue weighted by Crippen LogP contribution is -2.52. The Labute approximate surface area is 289 Å². The van der Waals surface area contributed by atoms with Crippen molar-refractivity contribution in [2.75, 3.05) is 45.1 Å². The fraction of sp³-hybridized carbons (Fsp3) is 0.475. The Balaban J connectivity index is 1.03. The largest absolute Gasteiger partial charge is 0.328 e. The molecule has 1 atom stereocenters. The van der Waals surface area contributed by atoms with Crippen LogP contribution in [-0.4, -0.2) is 82.1 Å². The lowest BCUT2D eigenvalue weighted by molar-refractivity contribution is 0.132. The Morgan fingerprint density at radius 1 is 0.837 bits per heavy atom. The van der Waals surface area contributed by atoms with Crippen molar-refractivity contribution in [2.45, 2.75) is 82.3 Å². The van der Waals surface area contributed by atoms with E-state index in [1.165, 1.54) is 35.1 Å². The van der Waals surface area contributed by atoms with Gasteiger partial charge in [0.1, 0.15) is 5.82 Å². The minimum atomic E-state index is -0.270. The fourth-order valence-electron chi connectivity index (χ4n) is 8.66. The summed E-state index contributed by atoms with van der Waals surface area (Å²) in [6.07, 6.45) is 9.97. The van der Waals surface area contributed by atoms with Gasteiger partial charge in [-0.05, 0) is 125 Å². The first kappa shape index (κ1) is 31.9. The van der Waals surface area contributed by atoms with Gasteiger partial charge >= 0.3 is 12.1 Å². The standard InChI is InChI=1S/C40H49N7O2/c1-44-21-17-33(18-22-44)47-37-13-7-6-12-35(37)41-38(47)36(27-28-14-15-29-8-2-3-10-31(29)26-28)43-39(48)45-23-19-32(20-24-45)46-25-16-30-9-4-5-11-34(30)42-40(46)49/h4-7,9,11-15,26,32-33,36H,2-3,8,10,16-25,27H2,1H3,(H,42,49)(H,43,48). The van der Waals surface area contributed by atoms with E-state index in [1.807, 2.05) is 28.0 Å². The first-order valence-electron chi connectivity index (χ1n) is 18.5. The second-order valence-electron chi connectivity index (χ2n) is 14.6. The zero-order valence-corrected chi connectivity index (χ0v) is 28.7. The summed E-state index contributed by atoms with van der Waals surface area (Å²) >= 11 is 0. The number of fused-ring (bicyclic) bond motifs is 3. The van der Waals surface area contributed by atoms with Crippen molar-refractivity contribution >= 4 is 28.8 Å². The molecule has 0 saturated carbocycles. The van der Waals surface area contributed by atoms with E-state index >= 15 is 0 Å². The molecule has 9 nitrogen and oxygen atoms in total. The van der Waals surface area contributed by atoms with Crippen LogP contribution in [0.3, 0.4) is 0 Å². The van der Waals surface area contributed by atoms with Crippen LogP contribution in [0, 0.1) is 0 Å². The molecule has 0 radical (unpaired) electrons. The molecule has 8 rings (SSSR count). The van der Waals surface area contributed by atoms with E-state index in [0.717, 1.165) is 80.6 Å². The van der Waals surface area contributed by atoms with Gasteiger partial charge in [-0.2, -0.15) is 0 Å². The number of piperidine rings is 2. The van der Waals surface area contributed by atoms with Gasteiger partial charge in [-0.25, -0.2) is 14.6 Å². The maximum Gasteiger partial charge on any atom is 0.322 e. The van der Waals surface area contributed by atoms with Crippen molar-refractivity contribution < 1.29 is 9.59 Å². The second kappa shape index (κ2) is 13.9. The van der Waals surface area contributed by atoms with Crippen molar-refractivity contribution in [3.05, 3.63) is 94.8 Å². The number of imidazole rings is 1. The highest BCUT2D eigenvalue weighted by molar-refractivity contribution is 5.91. The van der Waals surface area contributed by atoms with Crippen LogP contribution in [0.15, 0.2) is 66.7 Å². The normalized spacial score (nSPS) is 20.0. The number of carbonyl (C=O) groups excluding carboxylic acids is 2. The van der Waals surface area contributed by atoms with E-state index in [-0.39, 0.29) is 24.1 Å². The molecule has 0 spiro atoms. The van der Waals surface area contributed by atoms with Crippen molar-refractivity contribution in [1.29, 1.82) is 0 Å². The molecule has 4 heterocycles. The Morgan fingerprint density at radius 3 is 2.41 bits per heavy atom. The molecule has 2 fully saturated rings. The van der Waals surface area contributed by atoms with Gasteiger partial charge in [0, 0.05) is 37.4 Å². The van der Waals surface area contributed by atoms with E-state index in [9.17, 15) is 9.59 Å². The molecule has 0 bridgehead atoms. The quantitative estimate of drug-likeness (QED) is 0.241. The minimum Gasteiger partial charge on any atom is -0.328 e. The van der Waals surface area contributed by atoms with Gasteiger partial charge in [-0.15, -0.1) is 0 Å². The predicted molar refractivity (Wildman–Crippen MR) is 194 cm³/mol. The molecule has 4 amide bonds. The topological polar surface area (TPSA) is 85.7 Å². The van der Waals surface area contributed by atoms with Crippen LogP contribution in [0.2, 0.25) is 0 Å². The van der Waals surface area contributed by atoms with Crippen LogP contribution in [0.5, 0.6) is 0 Å². The Morgan fingerprint density at radius 2 is 1.57 bits per heavy atom. The smallest absolute Gasteiger partial charge is 0.322 e. The number of urea groups is 2. The highest BCUT2D eigenvalue weighted by Gasteiger charge is 2.34. The van der Waals surface area contributed by atoms with Gasteiger partial charge in [0.15, 0.2) is 0 Å². The minimum absolute atomic E-state index is 0.0363. The fourth-order valence-corrected chi connectivity index (χ4v) is 8.66. The van der Waals surface area contributed by atoms with Crippen LogP contribution in [0.25, 0.3) is 11.0 Å². The molecule has 1 aliphatic carbocycles. The van der Waals surface area contributed by atoms with Crippen molar-refractivity contribution in [2.24, 2.45) is 0 Å². The van der Waals surface area contributed by atoms with E-state index in [2.05, 4.69) is 75.7 Å². The maximum atomic E-state index is 14.2. The highest BCUT2D eigenvalue weighted by Crippen LogP contribution is 2.33. The molecule has 2 N–H and O–H groups in total. The summed E-state index contributed by atoms with van der Waals surface area (Å²) < 4.78 is 2.45. The molecule has 1 unspecified atom stereocenters. The number of rotatable bonds is 6. The number of nitrogens with one attached hydrogen (secondary N) is 2. The van der Waals surface area contributed by atoms with Gasteiger partial charge in [0.25, 0.3) is 0 Å². The van der Waals surface area contributed by atoms with E-state index in [4.69, 9.17) is 4.98 Å². The number of hydrogen-bond donors (Lipinski definition) is 2. The molecule has 1 aromatic heterocycles. The summed E-state index contributed by atoms with van der Waals surface area (Å²) in [5.74, 6) is 0.956. The number of amides is 4. The zero-order valence-electron chi connectivity index (χ0n) is 28.7. The van der Waals surface area contributed by atoms with Crippen LogP contribution in [0.1, 0.15) is 78.7 Å². The summed E-state index contributed by atoms with van der Waals surface area (Å²) in [4.78, 5) is 39.0. The molecule has 4 aliphatic rings. The van der Waals surface area contributed by atoms with Gasteiger partial charge < -0.3 is 29.9 Å². The number of carbonyl (C=O) groups is 2. The van der Waals surface area contributed by atoms with Crippen molar-refractivity contribution in [1.82, 2.24) is 29.6 Å². The van der Waals surface area contributed by atoms with Crippen LogP contribution in [-0.2, 0) is 25.7 Å². The summed E-state index contributed by atoms with van der Waals surface area (Å²) in [6, 6.07) is 23.6. The molecule has 4 aromatic rings. The van der Waals surface area contributed by atoms with Crippen LogP contribution in [0.4, 0.5) is 15.3 Å². The third-order valence-electron chi connectivity index (χ3n) is 11.5. The van der Waals surface area contributed by atoms with E-state index < -0.39 is 0 Å². The molecular weight excluding hydrogens is 610 g/mol. The average Bonchev–Trinajstić information content (AvgIpc) is 3.43. The number of likely N-dealkylation sites (tertiary alicyclic amines) is 2. The highest BCUT2D eigenvalue weighted by atomic mass is 16.2. The molecule has 2 saturated heterocycles. The lowest BCUT2D eigenvalue weighted by Gasteiger charge is -2.38. The summed E-state index contributed by atoms with van der Waals surface area (Å²) in [7, 11) is 2.20. The Bertz CT molecular complexity index is 1820. The first-order valence-corrected chi connectivity index (χ1v) is 18.5. The first-order chi connectivity index (χ1) is 24.0. The molecule has 49 heavy (non-hydrogen) atoms. The van der Waals surface area contributed by atoms with Crippen molar-refractivity contribution in [3.63, 3.8) is 0 Å². The molecular formula is C40H49N7O2. The summed E-state index contributed by atoms with van der Waals surface area (Å²) in [5.41, 5.74) is 8.39. The monoisotopic (exact) mass is 659 g/mol. The zero-order chi connectivity index (χ0) is 33.3. The number of hydrogen-bond acceptors (Lipinski definition) is 4. The van der Waals surface area contributed by atoms with Gasteiger partial charge in [0.05, 0.1) is 17.1 Å². The lowest BCUT2D eigenvalue weighted by atomic mass is 9.89. The Kier molecular flexibility index (Phi) is 9.02. The number of aromatic nitrogens is 2. The summed E-state index contributed by atoms with van der Waals surface area (Å²) in [5, 5.41) is 6.62. The number of benzene rings is 3. The third-order valence-corrected chi connectivity index (χ3v) is 11.5. The average molecular weight is 660 g/mol. The number of nitrogens with zero attached hydrogens (tertiary/aromatic N) is 5. The SMILES string of the molecule is CN1CCC(n2c(C(Cc3ccc4c(c3)CCCC4)NC(=O)N3CCC(N4CCc5ccccc5NC4=O)CC3)nc3ccccc32)CC1. The van der Waals surface area contributed by atoms with Crippen LogP contribution < -0.4 is 10.6 Å². The van der Waals surface area contributed by atoms with E-state index in [1.54, 1.807) is 0 Å². The molecule has 3 aliphatic heterocycles. The van der Waals surface area contributed by atoms with Gasteiger partial charge in [-0.3, -0.25) is 0 Å². The number of aryl methyl sites for hydroxylation is 2. The summed E-state index contributed by atoms with van der Waals surface area (Å²) in [6.45, 7) is 4.02. The molecule has 256 valence electrons.